The Morgan fingerprint density at radius 2 is 2.19 bits per heavy atom. The van der Waals surface area contributed by atoms with Gasteiger partial charge in [-0.15, -0.1) is 0 Å². The summed E-state index contributed by atoms with van der Waals surface area (Å²) in [6.07, 6.45) is 6.95. The van der Waals surface area contributed by atoms with Crippen molar-refractivity contribution in [2.45, 2.75) is 49.4 Å². The Balaban J connectivity index is 1.66. The molecule has 3 rings (SSSR count). The predicted molar refractivity (Wildman–Crippen MR) is 88.6 cm³/mol. The molecule has 3 unspecified atom stereocenters. The van der Waals surface area contributed by atoms with E-state index in [1.54, 1.807) is 0 Å². The summed E-state index contributed by atoms with van der Waals surface area (Å²) < 4.78 is 0. The van der Waals surface area contributed by atoms with E-state index >= 15 is 0 Å². The summed E-state index contributed by atoms with van der Waals surface area (Å²) in [6.45, 7) is 1.62. The third-order valence-electron chi connectivity index (χ3n) is 4.72. The second-order valence-electron chi connectivity index (χ2n) is 6.11. The van der Waals surface area contributed by atoms with Gasteiger partial charge in [0.15, 0.2) is 0 Å². The maximum Gasteiger partial charge on any atom is 0.229 e. The van der Waals surface area contributed by atoms with Gasteiger partial charge < -0.3 is 10.6 Å². The van der Waals surface area contributed by atoms with Crippen molar-refractivity contribution >= 4 is 17.7 Å². The highest BCUT2D eigenvalue weighted by molar-refractivity contribution is 7.99. The molecule has 0 spiro atoms. The van der Waals surface area contributed by atoms with E-state index in [1.807, 2.05) is 23.9 Å². The molecule has 114 valence electrons. The Bertz CT molecular complexity index is 505. The minimum Gasteiger partial charge on any atom is -0.353 e. The summed E-state index contributed by atoms with van der Waals surface area (Å²) in [6, 6.07) is 8.66. The summed E-state index contributed by atoms with van der Waals surface area (Å²) in [4.78, 5) is 12.7. The van der Waals surface area contributed by atoms with E-state index in [1.165, 1.54) is 24.0 Å². The van der Waals surface area contributed by atoms with E-state index in [4.69, 9.17) is 0 Å². The molecular formula is C17H24N2OS. The van der Waals surface area contributed by atoms with Crippen molar-refractivity contribution in [2.24, 2.45) is 0 Å². The number of nitrogens with one attached hydrogen (secondary N) is 2. The molecule has 1 fully saturated rings. The van der Waals surface area contributed by atoms with Crippen LogP contribution in [0, 0.1) is 0 Å². The molecule has 1 saturated carbocycles. The Kier molecular flexibility index (Phi) is 4.86. The number of hydrogen-bond donors (Lipinski definition) is 2. The van der Waals surface area contributed by atoms with Crippen LogP contribution in [-0.2, 0) is 11.3 Å². The normalized spacial score (nSPS) is 28.7. The second-order valence-corrected chi connectivity index (χ2v) is 7.25. The molecule has 3 nitrogen and oxygen atoms in total. The number of carbonyl (C=O) groups is 1. The quantitative estimate of drug-likeness (QED) is 0.902. The minimum absolute atomic E-state index is 0.0374. The highest BCUT2D eigenvalue weighted by atomic mass is 32.2. The van der Waals surface area contributed by atoms with Gasteiger partial charge in [-0.3, -0.25) is 4.79 Å². The van der Waals surface area contributed by atoms with Crippen LogP contribution in [0.15, 0.2) is 24.3 Å². The van der Waals surface area contributed by atoms with Gasteiger partial charge in [0.2, 0.25) is 5.91 Å². The lowest BCUT2D eigenvalue weighted by atomic mass is 9.89. The van der Waals surface area contributed by atoms with Crippen LogP contribution in [0.1, 0.15) is 42.7 Å². The first-order chi connectivity index (χ1) is 10.3. The molecule has 0 radical (unpaired) electrons. The molecular weight excluding hydrogens is 280 g/mol. The molecule has 1 aliphatic carbocycles. The first kappa shape index (κ1) is 14.9. The summed E-state index contributed by atoms with van der Waals surface area (Å²) in [5.41, 5.74) is 2.46. The zero-order chi connectivity index (χ0) is 14.7. The van der Waals surface area contributed by atoms with Crippen molar-refractivity contribution in [2.75, 3.05) is 12.8 Å². The van der Waals surface area contributed by atoms with Crippen molar-refractivity contribution in [3.05, 3.63) is 35.4 Å². The first-order valence-electron chi connectivity index (χ1n) is 7.89. The van der Waals surface area contributed by atoms with Crippen LogP contribution >= 0.6 is 11.8 Å². The molecule has 3 atom stereocenters. The molecule has 2 N–H and O–H groups in total. The fourth-order valence-electron chi connectivity index (χ4n) is 3.52. The fourth-order valence-corrected chi connectivity index (χ4v) is 4.35. The van der Waals surface area contributed by atoms with Crippen LogP contribution in [0.3, 0.4) is 0 Å². The van der Waals surface area contributed by atoms with E-state index in [0.717, 1.165) is 25.9 Å². The second kappa shape index (κ2) is 6.84. The van der Waals surface area contributed by atoms with Gasteiger partial charge in [-0.05, 0) is 36.6 Å². The van der Waals surface area contributed by atoms with Gasteiger partial charge in [-0.2, -0.15) is 11.8 Å². The topological polar surface area (TPSA) is 41.1 Å². The molecule has 1 aromatic rings. The number of amides is 1. The van der Waals surface area contributed by atoms with E-state index < -0.39 is 0 Å². The molecule has 0 bridgehead atoms. The van der Waals surface area contributed by atoms with Crippen LogP contribution in [0.5, 0.6) is 0 Å². The number of rotatable bonds is 3. The largest absolute Gasteiger partial charge is 0.353 e. The summed E-state index contributed by atoms with van der Waals surface area (Å²) in [7, 11) is 0. The maximum absolute atomic E-state index is 12.7. The van der Waals surface area contributed by atoms with Gasteiger partial charge in [0, 0.05) is 24.4 Å². The Morgan fingerprint density at radius 3 is 3.05 bits per heavy atom. The zero-order valence-electron chi connectivity index (χ0n) is 12.6. The number of carbonyl (C=O) groups excluding carboxylic acids is 1. The van der Waals surface area contributed by atoms with Crippen molar-refractivity contribution in [3.63, 3.8) is 0 Å². The van der Waals surface area contributed by atoms with Crippen LogP contribution in [0.25, 0.3) is 0 Å². The van der Waals surface area contributed by atoms with Gasteiger partial charge in [0.1, 0.15) is 0 Å². The van der Waals surface area contributed by atoms with Crippen LogP contribution in [0.2, 0.25) is 0 Å². The number of hydrogen-bond acceptors (Lipinski definition) is 3. The van der Waals surface area contributed by atoms with Crippen molar-refractivity contribution in [1.82, 2.24) is 10.6 Å². The summed E-state index contributed by atoms with van der Waals surface area (Å²) >= 11 is 1.94. The molecule has 1 heterocycles. The van der Waals surface area contributed by atoms with Gasteiger partial charge in [0.05, 0.1) is 5.92 Å². The van der Waals surface area contributed by atoms with E-state index in [-0.39, 0.29) is 11.8 Å². The molecule has 21 heavy (non-hydrogen) atoms. The molecule has 0 aromatic heterocycles. The molecule has 2 aliphatic rings. The number of fused-ring (bicyclic) bond motifs is 1. The SMILES string of the molecule is CSC1CCCC(NC(=O)C2CNCc3ccccc32)C1. The maximum atomic E-state index is 12.7. The van der Waals surface area contributed by atoms with Crippen molar-refractivity contribution in [3.8, 4) is 0 Å². The van der Waals surface area contributed by atoms with Gasteiger partial charge in [-0.25, -0.2) is 0 Å². The van der Waals surface area contributed by atoms with Crippen LogP contribution in [0.4, 0.5) is 0 Å². The highest BCUT2D eigenvalue weighted by Crippen LogP contribution is 2.28. The predicted octanol–water partition coefficient (Wildman–Crippen LogP) is 2.66. The average Bonchev–Trinajstić information content (AvgIpc) is 2.54. The lowest BCUT2D eigenvalue weighted by Gasteiger charge is -2.31. The molecule has 1 aromatic carbocycles. The third kappa shape index (κ3) is 3.43. The van der Waals surface area contributed by atoms with Crippen molar-refractivity contribution in [1.29, 1.82) is 0 Å². The minimum atomic E-state index is -0.0374. The van der Waals surface area contributed by atoms with Crippen molar-refractivity contribution < 1.29 is 4.79 Å². The molecule has 1 aliphatic heterocycles. The Labute approximate surface area is 131 Å². The van der Waals surface area contributed by atoms with Crippen LogP contribution < -0.4 is 10.6 Å². The lowest BCUT2D eigenvalue weighted by Crippen LogP contribution is -2.45. The monoisotopic (exact) mass is 304 g/mol. The standard InChI is InChI=1S/C17H24N2OS/c1-21-14-7-4-6-13(9-14)19-17(20)16-11-18-10-12-5-2-3-8-15(12)16/h2-3,5,8,13-14,16,18H,4,6-7,9-11H2,1H3,(H,19,20). The molecule has 1 amide bonds. The summed E-state index contributed by atoms with van der Waals surface area (Å²) in [5.74, 6) is 0.158. The van der Waals surface area contributed by atoms with Gasteiger partial charge >= 0.3 is 0 Å². The Hall–Kier alpha value is -1.00. The van der Waals surface area contributed by atoms with E-state index in [0.29, 0.717) is 11.3 Å². The molecule has 0 saturated heterocycles. The number of benzene rings is 1. The fraction of sp³-hybridized carbons (Fsp3) is 0.588. The average molecular weight is 304 g/mol. The van der Waals surface area contributed by atoms with Gasteiger partial charge in [-0.1, -0.05) is 30.7 Å². The smallest absolute Gasteiger partial charge is 0.229 e. The number of thioether (sulfide) groups is 1. The van der Waals surface area contributed by atoms with Gasteiger partial charge in [0.25, 0.3) is 0 Å². The lowest BCUT2D eigenvalue weighted by molar-refractivity contribution is -0.123. The first-order valence-corrected chi connectivity index (χ1v) is 9.18. The Morgan fingerprint density at radius 1 is 1.33 bits per heavy atom. The molecule has 4 heteroatoms. The summed E-state index contributed by atoms with van der Waals surface area (Å²) in [5, 5.41) is 7.37. The third-order valence-corrected chi connectivity index (χ3v) is 5.81. The highest BCUT2D eigenvalue weighted by Gasteiger charge is 2.29. The zero-order valence-corrected chi connectivity index (χ0v) is 13.4. The van der Waals surface area contributed by atoms with Crippen LogP contribution in [-0.4, -0.2) is 30.0 Å². The van der Waals surface area contributed by atoms with E-state index in [2.05, 4.69) is 29.0 Å². The van der Waals surface area contributed by atoms with E-state index in [9.17, 15) is 4.79 Å².